The molecular formula is C35H31N3O5S. The van der Waals surface area contributed by atoms with Gasteiger partial charge in [-0.1, -0.05) is 84.9 Å². The molecule has 0 aromatic heterocycles. The lowest BCUT2D eigenvalue weighted by Crippen LogP contribution is -2.33. The van der Waals surface area contributed by atoms with Crippen molar-refractivity contribution in [3.63, 3.8) is 0 Å². The van der Waals surface area contributed by atoms with Crippen LogP contribution < -0.4 is 19.2 Å². The summed E-state index contributed by atoms with van der Waals surface area (Å²) in [7, 11) is -2.58. The summed E-state index contributed by atoms with van der Waals surface area (Å²) in [4.78, 5) is 13.5. The van der Waals surface area contributed by atoms with Crippen molar-refractivity contribution in [2.24, 2.45) is 5.10 Å². The molecule has 0 fully saturated rings. The standard InChI is InChI=1S/C35H31N3O5S/c1-42-30-20-22-31(23-21-30)44(40,41)38(25-27-12-4-2-5-13-27)33-18-10-9-17-32(33)35(39)37-36-24-29-16-8-11-19-34(29)43-26-28-14-6-3-7-15-28/h2-24H,25-26H2,1H3,(H,37,39)/b36-24-. The predicted octanol–water partition coefficient (Wildman–Crippen LogP) is 6.43. The van der Waals surface area contributed by atoms with E-state index in [1.807, 2.05) is 84.9 Å². The van der Waals surface area contributed by atoms with Gasteiger partial charge < -0.3 is 9.47 Å². The second-order valence-corrected chi connectivity index (χ2v) is 11.6. The summed E-state index contributed by atoms with van der Waals surface area (Å²) in [5.74, 6) is 0.570. The smallest absolute Gasteiger partial charge is 0.273 e. The SMILES string of the molecule is COc1ccc(S(=O)(=O)N(Cc2ccccc2)c2ccccc2C(=O)N/N=C\c2ccccc2OCc2ccccc2)cc1. The Labute approximate surface area is 257 Å². The maximum Gasteiger partial charge on any atom is 0.273 e. The van der Waals surface area contributed by atoms with Gasteiger partial charge in [-0.2, -0.15) is 5.10 Å². The number of sulfonamides is 1. The lowest BCUT2D eigenvalue weighted by Gasteiger charge is -2.26. The number of methoxy groups -OCH3 is 1. The maximum atomic E-state index is 14.0. The van der Waals surface area contributed by atoms with Gasteiger partial charge in [0.05, 0.1) is 36.0 Å². The highest BCUT2D eigenvalue weighted by Crippen LogP contribution is 2.30. The fraction of sp³-hybridized carbons (Fsp3) is 0.0857. The van der Waals surface area contributed by atoms with Crippen molar-refractivity contribution in [1.29, 1.82) is 0 Å². The molecule has 0 aliphatic rings. The fourth-order valence-electron chi connectivity index (χ4n) is 4.48. The Balaban J connectivity index is 1.41. The summed E-state index contributed by atoms with van der Waals surface area (Å²) in [6.45, 7) is 0.389. The number of para-hydroxylation sites is 2. The summed E-state index contributed by atoms with van der Waals surface area (Å²) in [5.41, 5.74) is 5.36. The summed E-state index contributed by atoms with van der Waals surface area (Å²) in [6.07, 6.45) is 1.50. The molecule has 0 aliphatic carbocycles. The van der Waals surface area contributed by atoms with Crippen LogP contribution in [0.4, 0.5) is 5.69 Å². The molecule has 0 saturated heterocycles. The third-order valence-corrected chi connectivity index (χ3v) is 8.53. The number of carbonyl (C=O) groups excluding carboxylic acids is 1. The Bertz CT molecular complexity index is 1830. The van der Waals surface area contributed by atoms with Crippen molar-refractivity contribution < 1.29 is 22.7 Å². The Morgan fingerprint density at radius 3 is 2.09 bits per heavy atom. The second kappa shape index (κ2) is 14.2. The number of nitrogens with one attached hydrogen (secondary N) is 1. The molecule has 0 aliphatic heterocycles. The summed E-state index contributed by atoms with van der Waals surface area (Å²) in [6, 6.07) is 39.0. The predicted molar refractivity (Wildman–Crippen MR) is 172 cm³/mol. The molecular weight excluding hydrogens is 574 g/mol. The van der Waals surface area contributed by atoms with Crippen LogP contribution in [0.3, 0.4) is 0 Å². The summed E-state index contributed by atoms with van der Waals surface area (Å²) < 4.78 is 40.5. The van der Waals surface area contributed by atoms with E-state index in [4.69, 9.17) is 9.47 Å². The lowest BCUT2D eigenvalue weighted by molar-refractivity contribution is 0.0955. The van der Waals surface area contributed by atoms with Crippen LogP contribution in [-0.4, -0.2) is 27.6 Å². The Morgan fingerprint density at radius 1 is 0.773 bits per heavy atom. The third kappa shape index (κ3) is 7.32. The van der Waals surface area contributed by atoms with E-state index < -0.39 is 15.9 Å². The number of hydrazone groups is 1. The third-order valence-electron chi connectivity index (χ3n) is 6.76. The summed E-state index contributed by atoms with van der Waals surface area (Å²) in [5, 5.41) is 4.17. The first-order valence-corrected chi connectivity index (χ1v) is 15.3. The molecule has 0 heterocycles. The first kappa shape index (κ1) is 30.1. The van der Waals surface area contributed by atoms with Gasteiger partial charge in [-0.05, 0) is 59.7 Å². The number of rotatable bonds is 12. The molecule has 0 saturated carbocycles. The van der Waals surface area contributed by atoms with Crippen LogP contribution in [-0.2, 0) is 23.2 Å². The van der Waals surface area contributed by atoms with Crippen LogP contribution in [0.25, 0.3) is 0 Å². The normalized spacial score (nSPS) is 11.2. The van der Waals surface area contributed by atoms with Gasteiger partial charge in [0, 0.05) is 5.56 Å². The molecule has 5 rings (SSSR count). The highest BCUT2D eigenvalue weighted by Gasteiger charge is 2.28. The molecule has 0 radical (unpaired) electrons. The number of amides is 1. The van der Waals surface area contributed by atoms with Crippen LogP contribution in [0.15, 0.2) is 143 Å². The molecule has 0 bridgehead atoms. The van der Waals surface area contributed by atoms with Crippen LogP contribution in [0.1, 0.15) is 27.0 Å². The van der Waals surface area contributed by atoms with Gasteiger partial charge in [0.25, 0.3) is 15.9 Å². The Kier molecular flexibility index (Phi) is 9.68. The van der Waals surface area contributed by atoms with Crippen molar-refractivity contribution in [2.75, 3.05) is 11.4 Å². The van der Waals surface area contributed by atoms with E-state index in [0.717, 1.165) is 11.1 Å². The van der Waals surface area contributed by atoms with Gasteiger partial charge in [0.15, 0.2) is 0 Å². The van der Waals surface area contributed by atoms with Gasteiger partial charge in [-0.15, -0.1) is 0 Å². The number of carbonyl (C=O) groups is 1. The van der Waals surface area contributed by atoms with Gasteiger partial charge in [0.1, 0.15) is 18.1 Å². The van der Waals surface area contributed by atoms with E-state index in [0.29, 0.717) is 23.7 Å². The van der Waals surface area contributed by atoms with E-state index in [1.54, 1.807) is 36.4 Å². The Morgan fingerprint density at radius 2 is 1.39 bits per heavy atom. The van der Waals surface area contributed by atoms with Gasteiger partial charge in [-0.25, -0.2) is 13.8 Å². The average molecular weight is 606 g/mol. The quantitative estimate of drug-likeness (QED) is 0.131. The topological polar surface area (TPSA) is 97.3 Å². The zero-order valence-corrected chi connectivity index (χ0v) is 24.9. The molecule has 0 atom stereocenters. The lowest BCUT2D eigenvalue weighted by atomic mass is 10.1. The zero-order valence-electron chi connectivity index (χ0n) is 24.0. The monoisotopic (exact) mass is 605 g/mol. The van der Waals surface area contributed by atoms with Gasteiger partial charge in [0.2, 0.25) is 0 Å². The Hall–Kier alpha value is -5.41. The van der Waals surface area contributed by atoms with E-state index >= 15 is 0 Å². The first-order valence-electron chi connectivity index (χ1n) is 13.8. The zero-order chi connectivity index (χ0) is 30.8. The number of ether oxygens (including phenoxy) is 2. The number of anilines is 1. The minimum absolute atomic E-state index is 0.00882. The van der Waals surface area contributed by atoms with Gasteiger partial charge in [-0.3, -0.25) is 9.10 Å². The van der Waals surface area contributed by atoms with Gasteiger partial charge >= 0.3 is 0 Å². The van der Waals surface area contributed by atoms with E-state index in [9.17, 15) is 13.2 Å². The molecule has 5 aromatic carbocycles. The van der Waals surface area contributed by atoms with Crippen LogP contribution in [0.5, 0.6) is 11.5 Å². The van der Waals surface area contributed by atoms with Crippen molar-refractivity contribution in [1.82, 2.24) is 5.43 Å². The first-order chi connectivity index (χ1) is 21.5. The van der Waals surface area contributed by atoms with Crippen molar-refractivity contribution in [2.45, 2.75) is 18.0 Å². The van der Waals surface area contributed by atoms with E-state index in [2.05, 4.69) is 10.5 Å². The molecule has 0 spiro atoms. The second-order valence-electron chi connectivity index (χ2n) is 9.70. The minimum atomic E-state index is -4.09. The molecule has 222 valence electrons. The number of benzene rings is 5. The average Bonchev–Trinajstić information content (AvgIpc) is 3.07. The number of hydrogen-bond acceptors (Lipinski definition) is 6. The van der Waals surface area contributed by atoms with Crippen LogP contribution in [0, 0.1) is 0 Å². The molecule has 44 heavy (non-hydrogen) atoms. The summed E-state index contributed by atoms with van der Waals surface area (Å²) >= 11 is 0. The number of hydrogen-bond donors (Lipinski definition) is 1. The molecule has 1 amide bonds. The van der Waals surface area contributed by atoms with E-state index in [-0.39, 0.29) is 22.7 Å². The van der Waals surface area contributed by atoms with Crippen molar-refractivity contribution in [3.05, 3.63) is 156 Å². The molecule has 8 nitrogen and oxygen atoms in total. The van der Waals surface area contributed by atoms with Crippen molar-refractivity contribution >= 4 is 27.8 Å². The molecule has 5 aromatic rings. The molecule has 9 heteroatoms. The molecule has 1 N–H and O–H groups in total. The number of nitrogens with zero attached hydrogens (tertiary/aromatic N) is 2. The molecule has 0 unspecified atom stereocenters. The van der Waals surface area contributed by atoms with Crippen molar-refractivity contribution in [3.8, 4) is 11.5 Å². The fourth-order valence-corrected chi connectivity index (χ4v) is 5.95. The minimum Gasteiger partial charge on any atom is -0.497 e. The van der Waals surface area contributed by atoms with E-state index in [1.165, 1.54) is 29.8 Å². The highest BCUT2D eigenvalue weighted by atomic mass is 32.2. The van der Waals surface area contributed by atoms with Crippen LogP contribution in [0.2, 0.25) is 0 Å². The highest BCUT2D eigenvalue weighted by molar-refractivity contribution is 7.92. The maximum absolute atomic E-state index is 14.0. The van der Waals surface area contributed by atoms with Crippen LogP contribution >= 0.6 is 0 Å². The largest absolute Gasteiger partial charge is 0.497 e.